The van der Waals surface area contributed by atoms with Crippen molar-refractivity contribution < 1.29 is 14.6 Å². The van der Waals surface area contributed by atoms with E-state index in [1.54, 1.807) is 12.7 Å². The fraction of sp³-hybridized carbons (Fsp3) is 0.680. The van der Waals surface area contributed by atoms with Crippen LogP contribution in [0.3, 0.4) is 0 Å². The summed E-state index contributed by atoms with van der Waals surface area (Å²) in [5.74, 6) is 3.03. The van der Waals surface area contributed by atoms with E-state index in [0.717, 1.165) is 38.0 Å². The van der Waals surface area contributed by atoms with E-state index >= 15 is 0 Å². The molecule has 0 aromatic heterocycles. The summed E-state index contributed by atoms with van der Waals surface area (Å²) in [6.07, 6.45) is 9.75. The van der Waals surface area contributed by atoms with Gasteiger partial charge in [-0.2, -0.15) is 0 Å². The summed E-state index contributed by atoms with van der Waals surface area (Å²) < 4.78 is 11.3. The number of nitrogens with zero attached hydrogens (tertiary/aromatic N) is 1. The fourth-order valence-electron chi connectivity index (χ4n) is 6.42. The van der Waals surface area contributed by atoms with Crippen LogP contribution in [-0.2, 0) is 11.2 Å². The monoisotopic (exact) mass is 399 g/mol. The SMILES string of the molecule is COc1cc2c(cc1O)CCC1C2CCC2(C)C(=CCOCCN(C)C)CCC12. The molecule has 0 spiro atoms. The number of methoxy groups -OCH3 is 1. The normalized spacial score (nSPS) is 32.2. The van der Waals surface area contributed by atoms with Crippen molar-refractivity contribution in [2.45, 2.75) is 51.4 Å². The molecule has 0 amide bonds. The summed E-state index contributed by atoms with van der Waals surface area (Å²) in [5.41, 5.74) is 4.74. The van der Waals surface area contributed by atoms with Gasteiger partial charge in [-0.15, -0.1) is 0 Å². The van der Waals surface area contributed by atoms with Gasteiger partial charge in [-0.3, -0.25) is 0 Å². The smallest absolute Gasteiger partial charge is 0.160 e. The molecule has 3 aliphatic carbocycles. The lowest BCUT2D eigenvalue weighted by Gasteiger charge is -2.49. The van der Waals surface area contributed by atoms with Gasteiger partial charge in [-0.05, 0) is 99.0 Å². The van der Waals surface area contributed by atoms with Gasteiger partial charge in [0.15, 0.2) is 11.5 Å². The number of allylic oxidation sites excluding steroid dienone is 1. The number of phenolic OH excluding ortho intramolecular Hbond substituents is 1. The maximum Gasteiger partial charge on any atom is 0.160 e. The van der Waals surface area contributed by atoms with Crippen molar-refractivity contribution in [1.29, 1.82) is 0 Å². The van der Waals surface area contributed by atoms with Crippen LogP contribution in [0.4, 0.5) is 0 Å². The Morgan fingerprint density at radius 3 is 2.79 bits per heavy atom. The topological polar surface area (TPSA) is 41.9 Å². The van der Waals surface area contributed by atoms with Crippen molar-refractivity contribution in [2.24, 2.45) is 17.3 Å². The number of fused-ring (bicyclic) bond motifs is 5. The Balaban J connectivity index is 1.49. The van der Waals surface area contributed by atoms with Crippen LogP contribution in [0.1, 0.15) is 56.1 Å². The first-order valence-corrected chi connectivity index (χ1v) is 11.3. The van der Waals surface area contributed by atoms with Crippen molar-refractivity contribution in [3.05, 3.63) is 34.9 Å². The summed E-state index contributed by atoms with van der Waals surface area (Å²) in [6, 6.07) is 4.07. The van der Waals surface area contributed by atoms with E-state index in [1.807, 2.05) is 6.07 Å². The molecule has 4 atom stereocenters. The van der Waals surface area contributed by atoms with E-state index in [0.29, 0.717) is 17.1 Å². The number of benzene rings is 1. The number of aryl methyl sites for hydroxylation is 1. The second-order valence-electron chi connectivity index (χ2n) is 9.74. The van der Waals surface area contributed by atoms with E-state index in [9.17, 15) is 5.11 Å². The zero-order valence-corrected chi connectivity index (χ0v) is 18.5. The lowest BCUT2D eigenvalue weighted by atomic mass is 9.55. The highest BCUT2D eigenvalue weighted by atomic mass is 16.5. The standard InChI is InChI=1S/C25H37NO3/c1-25-11-9-19-20(7-5-17-15-23(27)24(28-4)16-21(17)19)22(25)8-6-18(25)10-13-29-14-12-26(2)3/h10,15-16,19-20,22,27H,5-9,11-14H2,1-4H3. The molecule has 29 heavy (non-hydrogen) atoms. The summed E-state index contributed by atoms with van der Waals surface area (Å²) >= 11 is 0. The number of likely N-dealkylation sites (N-methyl/N-ethyl adjacent to an activating group) is 1. The molecule has 4 rings (SSSR count). The van der Waals surface area contributed by atoms with Crippen LogP contribution in [0, 0.1) is 17.3 Å². The Hall–Kier alpha value is -1.52. The molecule has 3 aliphatic rings. The Morgan fingerprint density at radius 2 is 2.03 bits per heavy atom. The lowest BCUT2D eigenvalue weighted by molar-refractivity contribution is 0.0800. The molecule has 0 aliphatic heterocycles. The molecule has 0 heterocycles. The Kier molecular flexibility index (Phi) is 5.94. The molecule has 0 radical (unpaired) electrons. The maximum atomic E-state index is 10.2. The van der Waals surface area contributed by atoms with Crippen molar-refractivity contribution in [1.82, 2.24) is 4.90 Å². The Morgan fingerprint density at radius 1 is 1.21 bits per heavy atom. The Labute approximate surface area is 175 Å². The van der Waals surface area contributed by atoms with Crippen molar-refractivity contribution >= 4 is 0 Å². The first kappa shape index (κ1) is 20.7. The van der Waals surface area contributed by atoms with Crippen LogP contribution in [0.15, 0.2) is 23.8 Å². The maximum absolute atomic E-state index is 10.2. The number of hydrogen-bond donors (Lipinski definition) is 1. The van der Waals surface area contributed by atoms with Crippen molar-refractivity contribution in [3.8, 4) is 11.5 Å². The van der Waals surface area contributed by atoms with Gasteiger partial charge in [-0.25, -0.2) is 0 Å². The Bertz CT molecular complexity index is 772. The van der Waals surface area contributed by atoms with Gasteiger partial charge >= 0.3 is 0 Å². The molecule has 4 unspecified atom stereocenters. The largest absolute Gasteiger partial charge is 0.504 e. The first-order chi connectivity index (χ1) is 13.9. The molecular formula is C25H37NO3. The highest BCUT2D eigenvalue weighted by Gasteiger charge is 2.52. The van der Waals surface area contributed by atoms with Gasteiger partial charge in [0.25, 0.3) is 0 Å². The van der Waals surface area contributed by atoms with Gasteiger partial charge in [-0.1, -0.05) is 18.6 Å². The molecule has 1 aromatic carbocycles. The molecule has 0 bridgehead atoms. The third kappa shape index (κ3) is 3.82. The zero-order chi connectivity index (χ0) is 20.6. The van der Waals surface area contributed by atoms with Crippen LogP contribution in [0.2, 0.25) is 0 Å². The molecule has 160 valence electrons. The molecular weight excluding hydrogens is 362 g/mol. The third-order valence-electron chi connectivity index (χ3n) is 8.00. The van der Waals surface area contributed by atoms with E-state index < -0.39 is 0 Å². The molecule has 4 nitrogen and oxygen atoms in total. The quantitative estimate of drug-likeness (QED) is 0.553. The second kappa shape index (κ2) is 8.31. The van der Waals surface area contributed by atoms with Crippen LogP contribution < -0.4 is 4.74 Å². The summed E-state index contributed by atoms with van der Waals surface area (Å²) in [5, 5.41) is 10.2. The molecule has 1 N–H and O–H groups in total. The fourth-order valence-corrected chi connectivity index (χ4v) is 6.42. The van der Waals surface area contributed by atoms with Crippen LogP contribution in [0.5, 0.6) is 11.5 Å². The first-order valence-electron chi connectivity index (χ1n) is 11.3. The van der Waals surface area contributed by atoms with Gasteiger partial charge < -0.3 is 19.5 Å². The van der Waals surface area contributed by atoms with Crippen molar-refractivity contribution in [3.63, 3.8) is 0 Å². The number of ether oxygens (including phenoxy) is 2. The highest BCUT2D eigenvalue weighted by molar-refractivity contribution is 5.49. The number of hydrogen-bond acceptors (Lipinski definition) is 4. The molecule has 0 saturated heterocycles. The summed E-state index contributed by atoms with van der Waals surface area (Å²) in [6.45, 7) is 5.04. The van der Waals surface area contributed by atoms with Gasteiger partial charge in [0, 0.05) is 6.54 Å². The van der Waals surface area contributed by atoms with Gasteiger partial charge in [0.1, 0.15) is 0 Å². The zero-order valence-electron chi connectivity index (χ0n) is 18.5. The van der Waals surface area contributed by atoms with Crippen molar-refractivity contribution in [2.75, 3.05) is 41.0 Å². The number of phenols is 1. The minimum atomic E-state index is 0.283. The number of rotatable bonds is 6. The number of aromatic hydroxyl groups is 1. The minimum absolute atomic E-state index is 0.283. The van der Waals surface area contributed by atoms with E-state index in [2.05, 4.69) is 38.1 Å². The predicted molar refractivity (Wildman–Crippen MR) is 117 cm³/mol. The predicted octanol–water partition coefficient (Wildman–Crippen LogP) is 4.76. The van der Waals surface area contributed by atoms with Crippen LogP contribution >= 0.6 is 0 Å². The van der Waals surface area contributed by atoms with E-state index in [1.165, 1.54) is 43.2 Å². The van der Waals surface area contributed by atoms with Crippen LogP contribution in [0.25, 0.3) is 0 Å². The molecule has 4 heteroatoms. The van der Waals surface area contributed by atoms with Crippen LogP contribution in [-0.4, -0.2) is 51.0 Å². The molecule has 2 fully saturated rings. The third-order valence-corrected chi connectivity index (χ3v) is 8.00. The molecule has 2 saturated carbocycles. The average Bonchev–Trinajstić information content (AvgIpc) is 3.03. The summed E-state index contributed by atoms with van der Waals surface area (Å²) in [7, 11) is 5.82. The van der Waals surface area contributed by atoms with Gasteiger partial charge in [0.2, 0.25) is 0 Å². The summed E-state index contributed by atoms with van der Waals surface area (Å²) in [4.78, 5) is 2.16. The second-order valence-corrected chi connectivity index (χ2v) is 9.74. The minimum Gasteiger partial charge on any atom is -0.504 e. The average molecular weight is 400 g/mol. The van der Waals surface area contributed by atoms with E-state index in [4.69, 9.17) is 9.47 Å². The van der Waals surface area contributed by atoms with E-state index in [-0.39, 0.29) is 5.75 Å². The lowest BCUT2D eigenvalue weighted by Crippen LogP contribution is -2.40. The van der Waals surface area contributed by atoms with Gasteiger partial charge in [0.05, 0.1) is 20.3 Å². The molecule has 1 aromatic rings. The highest BCUT2D eigenvalue weighted by Crippen LogP contribution is 2.63.